The Balaban J connectivity index is 2.07. The van der Waals surface area contributed by atoms with Gasteiger partial charge in [-0.3, -0.25) is 14.4 Å². The van der Waals surface area contributed by atoms with Gasteiger partial charge in [0.25, 0.3) is 0 Å². The summed E-state index contributed by atoms with van der Waals surface area (Å²) in [6.07, 6.45) is 1.42. The molecular formula is C13H22N4O2. The van der Waals surface area contributed by atoms with E-state index in [1.165, 1.54) is 0 Å². The molecule has 0 bridgehead atoms. The molecule has 19 heavy (non-hydrogen) atoms. The number of aliphatic carboxylic acids is 1. The lowest BCUT2D eigenvalue weighted by atomic mass is 10.0. The molecule has 1 saturated heterocycles. The van der Waals surface area contributed by atoms with Crippen molar-refractivity contribution in [2.45, 2.75) is 45.3 Å². The van der Waals surface area contributed by atoms with Crippen LogP contribution in [0, 0.1) is 0 Å². The highest BCUT2D eigenvalue weighted by Gasteiger charge is 2.41. The van der Waals surface area contributed by atoms with Gasteiger partial charge in [0, 0.05) is 26.2 Å². The zero-order chi connectivity index (χ0) is 14.0. The fraction of sp³-hybridized carbons (Fsp3) is 0.692. The lowest BCUT2D eigenvalue weighted by Crippen LogP contribution is -2.50. The Morgan fingerprint density at radius 2 is 2.32 bits per heavy atom. The SMILES string of the molecule is CCc1cc(CN2CCC(N)(C(=O)O)C2)n(CC)n1. The van der Waals surface area contributed by atoms with E-state index in [4.69, 9.17) is 10.8 Å². The van der Waals surface area contributed by atoms with E-state index in [9.17, 15) is 4.79 Å². The molecule has 1 unspecified atom stereocenters. The van der Waals surface area contributed by atoms with Gasteiger partial charge in [-0.1, -0.05) is 6.92 Å². The number of hydrogen-bond acceptors (Lipinski definition) is 4. The van der Waals surface area contributed by atoms with Crippen molar-refractivity contribution in [1.29, 1.82) is 0 Å². The first-order valence-electron chi connectivity index (χ1n) is 6.78. The van der Waals surface area contributed by atoms with E-state index in [-0.39, 0.29) is 0 Å². The van der Waals surface area contributed by atoms with Crippen LogP contribution in [-0.4, -0.2) is 44.4 Å². The number of nitrogens with zero attached hydrogens (tertiary/aromatic N) is 3. The Kier molecular flexibility index (Phi) is 3.91. The van der Waals surface area contributed by atoms with E-state index < -0.39 is 11.5 Å². The number of hydrogen-bond donors (Lipinski definition) is 2. The molecule has 6 heteroatoms. The fourth-order valence-corrected chi connectivity index (χ4v) is 2.54. The second-order valence-corrected chi connectivity index (χ2v) is 5.22. The van der Waals surface area contributed by atoms with Crippen molar-refractivity contribution >= 4 is 5.97 Å². The van der Waals surface area contributed by atoms with Gasteiger partial charge in [0.2, 0.25) is 0 Å². The molecule has 1 aliphatic heterocycles. The number of carboxylic acids is 1. The minimum absolute atomic E-state index is 0.401. The van der Waals surface area contributed by atoms with Crippen LogP contribution in [0.3, 0.4) is 0 Å². The van der Waals surface area contributed by atoms with Crippen molar-refractivity contribution in [2.24, 2.45) is 5.73 Å². The molecule has 0 saturated carbocycles. The van der Waals surface area contributed by atoms with Gasteiger partial charge in [0.1, 0.15) is 5.54 Å². The van der Waals surface area contributed by atoms with Gasteiger partial charge in [0.15, 0.2) is 0 Å². The highest BCUT2D eigenvalue weighted by molar-refractivity contribution is 5.79. The average Bonchev–Trinajstić information content (AvgIpc) is 2.94. The Labute approximate surface area is 113 Å². The van der Waals surface area contributed by atoms with Gasteiger partial charge >= 0.3 is 5.97 Å². The Bertz CT molecular complexity index is 471. The summed E-state index contributed by atoms with van der Waals surface area (Å²) in [6, 6.07) is 2.10. The first-order valence-corrected chi connectivity index (χ1v) is 6.78. The van der Waals surface area contributed by atoms with E-state index in [1.807, 2.05) is 4.68 Å². The van der Waals surface area contributed by atoms with E-state index in [0.717, 1.165) is 30.9 Å². The largest absolute Gasteiger partial charge is 0.480 e. The van der Waals surface area contributed by atoms with Crippen LogP contribution in [0.15, 0.2) is 6.07 Å². The monoisotopic (exact) mass is 266 g/mol. The van der Waals surface area contributed by atoms with Crippen LogP contribution in [0.1, 0.15) is 31.7 Å². The molecule has 3 N–H and O–H groups in total. The van der Waals surface area contributed by atoms with Crippen molar-refractivity contribution in [3.63, 3.8) is 0 Å². The molecule has 0 aromatic carbocycles. The molecule has 0 aliphatic carbocycles. The Hall–Kier alpha value is -1.40. The summed E-state index contributed by atoms with van der Waals surface area (Å²) in [7, 11) is 0. The minimum Gasteiger partial charge on any atom is -0.480 e. The number of nitrogens with two attached hydrogens (primary N) is 1. The normalized spacial score (nSPS) is 23.9. The predicted octanol–water partition coefficient (Wildman–Crippen LogP) is 0.453. The van der Waals surface area contributed by atoms with E-state index in [0.29, 0.717) is 19.5 Å². The molecule has 6 nitrogen and oxygen atoms in total. The molecule has 0 radical (unpaired) electrons. The second kappa shape index (κ2) is 5.30. The van der Waals surface area contributed by atoms with Crippen LogP contribution in [0.4, 0.5) is 0 Å². The van der Waals surface area contributed by atoms with Gasteiger partial charge in [-0.2, -0.15) is 5.10 Å². The number of aromatic nitrogens is 2. The summed E-state index contributed by atoms with van der Waals surface area (Å²) in [6.45, 7) is 6.81. The highest BCUT2D eigenvalue weighted by Crippen LogP contribution is 2.21. The number of aryl methyl sites for hydroxylation is 2. The molecule has 1 aromatic heterocycles. The molecule has 1 aromatic rings. The van der Waals surface area contributed by atoms with Crippen LogP contribution in [-0.2, 0) is 24.3 Å². The first kappa shape index (κ1) is 14.0. The van der Waals surface area contributed by atoms with Gasteiger partial charge in [-0.25, -0.2) is 0 Å². The zero-order valence-electron chi connectivity index (χ0n) is 11.6. The molecule has 2 heterocycles. The minimum atomic E-state index is -1.09. The summed E-state index contributed by atoms with van der Waals surface area (Å²) in [5, 5.41) is 13.6. The summed E-state index contributed by atoms with van der Waals surface area (Å²) < 4.78 is 1.98. The number of likely N-dealkylation sites (tertiary alicyclic amines) is 1. The summed E-state index contributed by atoms with van der Waals surface area (Å²) in [4.78, 5) is 13.2. The molecule has 106 valence electrons. The lowest BCUT2D eigenvalue weighted by molar-refractivity contribution is -0.142. The molecule has 1 fully saturated rings. The van der Waals surface area contributed by atoms with Gasteiger partial charge in [-0.05, 0) is 25.8 Å². The lowest BCUT2D eigenvalue weighted by Gasteiger charge is -2.20. The average molecular weight is 266 g/mol. The third-order valence-corrected chi connectivity index (χ3v) is 3.77. The summed E-state index contributed by atoms with van der Waals surface area (Å²) in [5.41, 5.74) is 7.00. The maximum Gasteiger partial charge on any atom is 0.325 e. The molecule has 0 amide bonds. The van der Waals surface area contributed by atoms with Crippen molar-refractivity contribution in [3.8, 4) is 0 Å². The number of rotatable bonds is 5. The van der Waals surface area contributed by atoms with Crippen molar-refractivity contribution in [1.82, 2.24) is 14.7 Å². The van der Waals surface area contributed by atoms with Crippen molar-refractivity contribution in [2.75, 3.05) is 13.1 Å². The molecule has 2 rings (SSSR count). The second-order valence-electron chi connectivity index (χ2n) is 5.22. The standard InChI is InChI=1S/C13H22N4O2/c1-3-10-7-11(17(4-2)15-10)8-16-6-5-13(14,9-16)12(18)19/h7H,3-6,8-9,14H2,1-2H3,(H,18,19). The van der Waals surface area contributed by atoms with Crippen LogP contribution < -0.4 is 5.73 Å². The van der Waals surface area contributed by atoms with Crippen LogP contribution >= 0.6 is 0 Å². The third-order valence-electron chi connectivity index (χ3n) is 3.77. The first-order chi connectivity index (χ1) is 8.98. The Morgan fingerprint density at radius 1 is 1.58 bits per heavy atom. The topological polar surface area (TPSA) is 84.4 Å². The molecular weight excluding hydrogens is 244 g/mol. The third kappa shape index (κ3) is 2.79. The molecule has 1 atom stereocenters. The smallest absolute Gasteiger partial charge is 0.325 e. The van der Waals surface area contributed by atoms with Gasteiger partial charge < -0.3 is 10.8 Å². The predicted molar refractivity (Wildman–Crippen MR) is 71.7 cm³/mol. The maximum absolute atomic E-state index is 11.1. The summed E-state index contributed by atoms with van der Waals surface area (Å²) >= 11 is 0. The Morgan fingerprint density at radius 3 is 2.84 bits per heavy atom. The number of carboxylic acid groups (broad SMARTS) is 1. The zero-order valence-corrected chi connectivity index (χ0v) is 11.6. The van der Waals surface area contributed by atoms with E-state index in [1.54, 1.807) is 0 Å². The van der Waals surface area contributed by atoms with Crippen molar-refractivity contribution in [3.05, 3.63) is 17.5 Å². The van der Waals surface area contributed by atoms with E-state index in [2.05, 4.69) is 29.9 Å². The van der Waals surface area contributed by atoms with Gasteiger partial charge in [0.05, 0.1) is 11.4 Å². The van der Waals surface area contributed by atoms with E-state index >= 15 is 0 Å². The van der Waals surface area contributed by atoms with Crippen molar-refractivity contribution < 1.29 is 9.90 Å². The highest BCUT2D eigenvalue weighted by atomic mass is 16.4. The van der Waals surface area contributed by atoms with Gasteiger partial charge in [-0.15, -0.1) is 0 Å². The molecule has 1 aliphatic rings. The fourth-order valence-electron chi connectivity index (χ4n) is 2.54. The van der Waals surface area contributed by atoms with Crippen LogP contribution in [0.5, 0.6) is 0 Å². The van der Waals surface area contributed by atoms with Crippen LogP contribution in [0.2, 0.25) is 0 Å². The summed E-state index contributed by atoms with van der Waals surface area (Å²) in [5.74, 6) is -0.909. The van der Waals surface area contributed by atoms with Crippen LogP contribution in [0.25, 0.3) is 0 Å². The number of carbonyl (C=O) groups is 1. The maximum atomic E-state index is 11.1. The molecule has 0 spiro atoms. The quantitative estimate of drug-likeness (QED) is 0.808.